The fourth-order valence-electron chi connectivity index (χ4n) is 7.42. The van der Waals surface area contributed by atoms with Crippen LogP contribution in [-0.4, -0.2) is 76.8 Å². The molecule has 6 amide bonds. The molecule has 1 saturated heterocycles. The zero-order valence-corrected chi connectivity index (χ0v) is 32.9. The number of carbonyl (C=O) groups excluding carboxylic acids is 7. The van der Waals surface area contributed by atoms with Crippen LogP contribution in [0.5, 0.6) is 0 Å². The number of ketones is 1. The number of nitrogens with zero attached hydrogens (tertiary/aromatic N) is 2. The minimum Gasteiger partial charge on any atom is -0.375 e. The third-order valence-corrected chi connectivity index (χ3v) is 10.6. The lowest BCUT2D eigenvalue weighted by Gasteiger charge is -2.27. The molecule has 60 heavy (non-hydrogen) atoms. The van der Waals surface area contributed by atoms with E-state index in [1.54, 1.807) is 44.3 Å². The molecule has 2 atom stereocenters. The van der Waals surface area contributed by atoms with Crippen LogP contribution in [-0.2, 0) is 14.4 Å². The smallest absolute Gasteiger partial charge is 0.264 e. The number of rotatable bonds is 15. The average molecular weight is 812 g/mol. The normalized spacial score (nSPS) is 15.3. The second-order valence-electron chi connectivity index (χ2n) is 14.6. The lowest BCUT2D eigenvalue weighted by Crippen LogP contribution is -2.54. The molecule has 2 aliphatic heterocycles. The summed E-state index contributed by atoms with van der Waals surface area (Å²) in [7, 11) is 1.54. The molecule has 15 heteroatoms. The first-order valence-electron chi connectivity index (χ1n) is 19.6. The van der Waals surface area contributed by atoms with Gasteiger partial charge in [0.15, 0.2) is 5.78 Å². The highest BCUT2D eigenvalue weighted by atomic mass is 19.1. The largest absolute Gasteiger partial charge is 0.375 e. The molecule has 5 N–H and O–H groups in total. The zero-order valence-electron chi connectivity index (χ0n) is 32.9. The summed E-state index contributed by atoms with van der Waals surface area (Å²) >= 11 is 0. The number of anilines is 3. The Morgan fingerprint density at radius 1 is 0.867 bits per heavy atom. The molecular weight excluding hydrogens is 770 g/mol. The number of hydrogen-bond acceptors (Lipinski definition) is 10. The van der Waals surface area contributed by atoms with Crippen molar-refractivity contribution in [3.8, 4) is 11.1 Å². The van der Waals surface area contributed by atoms with Gasteiger partial charge in [0, 0.05) is 49.4 Å². The number of benzene rings is 4. The minimum absolute atomic E-state index is 0.00603. The van der Waals surface area contributed by atoms with Crippen LogP contribution in [0.2, 0.25) is 0 Å². The minimum atomic E-state index is -1.10. The van der Waals surface area contributed by atoms with Crippen LogP contribution in [0.3, 0.4) is 0 Å². The second-order valence-corrected chi connectivity index (χ2v) is 14.6. The first-order chi connectivity index (χ1) is 28.9. The molecule has 3 heterocycles. The number of hydrogen-bond donors (Lipinski definition) is 5. The van der Waals surface area contributed by atoms with E-state index in [9.17, 15) is 33.6 Å². The Morgan fingerprint density at radius 3 is 2.38 bits per heavy atom. The predicted octanol–water partition coefficient (Wildman–Crippen LogP) is 5.91. The van der Waals surface area contributed by atoms with Gasteiger partial charge in [0.2, 0.25) is 11.8 Å². The Kier molecular flexibility index (Phi) is 12.1. The summed E-state index contributed by atoms with van der Waals surface area (Å²) in [6.07, 6.45) is 3.43. The van der Waals surface area contributed by atoms with E-state index in [1.165, 1.54) is 24.4 Å². The predicted molar refractivity (Wildman–Crippen MR) is 222 cm³/mol. The summed E-state index contributed by atoms with van der Waals surface area (Å²) < 4.78 is 15.4. The summed E-state index contributed by atoms with van der Waals surface area (Å²) in [6, 6.07) is 22.0. The topological polar surface area (TPSA) is 196 Å². The molecule has 2 aliphatic rings. The zero-order chi connectivity index (χ0) is 42.5. The number of aromatic nitrogens is 1. The maximum absolute atomic E-state index is 15.4. The Bertz CT molecular complexity index is 2560. The van der Waals surface area contributed by atoms with Crippen LogP contribution < -0.4 is 26.6 Å². The highest BCUT2D eigenvalue weighted by Gasteiger charge is 2.45. The van der Waals surface area contributed by atoms with Crippen LogP contribution in [0.25, 0.3) is 22.0 Å². The number of pyridine rings is 1. The molecular formula is C45H42FN7O7. The Labute approximate surface area is 344 Å². The number of piperidine rings is 1. The number of fused-ring (bicyclic) bond motifs is 2. The van der Waals surface area contributed by atoms with Crippen molar-refractivity contribution in [2.24, 2.45) is 0 Å². The number of para-hydroxylation sites is 1. The number of imide groups is 2. The maximum Gasteiger partial charge on any atom is 0.264 e. The van der Waals surface area contributed by atoms with Gasteiger partial charge < -0.3 is 21.3 Å². The van der Waals surface area contributed by atoms with Crippen molar-refractivity contribution in [1.82, 2.24) is 25.8 Å². The highest BCUT2D eigenvalue weighted by molar-refractivity contribution is 6.25. The molecule has 0 aliphatic carbocycles. The summed E-state index contributed by atoms with van der Waals surface area (Å²) in [5.41, 5.74) is 3.84. The summed E-state index contributed by atoms with van der Waals surface area (Å²) in [6.45, 7) is 1.92. The van der Waals surface area contributed by atoms with Gasteiger partial charge in [0.1, 0.15) is 11.9 Å². The average Bonchev–Trinajstić information content (AvgIpc) is 3.50. The number of nitrogens with one attached hydrogen (secondary N) is 5. The number of unbranched alkanes of at least 4 members (excludes halogenated alkanes) is 2. The van der Waals surface area contributed by atoms with Crippen molar-refractivity contribution in [3.05, 3.63) is 119 Å². The van der Waals surface area contributed by atoms with E-state index in [4.69, 9.17) is 0 Å². The molecule has 0 spiro atoms. The molecule has 5 aromatic rings. The van der Waals surface area contributed by atoms with E-state index in [0.717, 1.165) is 10.6 Å². The third-order valence-electron chi connectivity index (χ3n) is 10.6. The molecule has 0 bridgehead atoms. The van der Waals surface area contributed by atoms with Gasteiger partial charge in [-0.15, -0.1) is 0 Å². The van der Waals surface area contributed by atoms with Gasteiger partial charge in [0.05, 0.1) is 39.5 Å². The van der Waals surface area contributed by atoms with Gasteiger partial charge in [-0.2, -0.15) is 0 Å². The van der Waals surface area contributed by atoms with Crippen LogP contribution >= 0.6 is 0 Å². The van der Waals surface area contributed by atoms with Crippen molar-refractivity contribution < 1.29 is 38.0 Å². The van der Waals surface area contributed by atoms with E-state index < -0.39 is 47.4 Å². The van der Waals surface area contributed by atoms with Gasteiger partial charge in [-0.25, -0.2) is 4.39 Å². The van der Waals surface area contributed by atoms with Gasteiger partial charge in [-0.1, -0.05) is 42.8 Å². The molecule has 1 aromatic heterocycles. The van der Waals surface area contributed by atoms with Crippen molar-refractivity contribution >= 4 is 69.2 Å². The number of halogens is 1. The fourth-order valence-corrected chi connectivity index (χ4v) is 7.42. The molecule has 0 saturated carbocycles. The van der Waals surface area contributed by atoms with Gasteiger partial charge >= 0.3 is 0 Å². The first kappa shape index (κ1) is 40.9. The van der Waals surface area contributed by atoms with E-state index >= 15 is 4.39 Å². The van der Waals surface area contributed by atoms with Gasteiger partial charge in [-0.3, -0.25) is 48.8 Å². The molecule has 7 rings (SSSR count). The van der Waals surface area contributed by atoms with Gasteiger partial charge in [-0.05, 0) is 85.8 Å². The summed E-state index contributed by atoms with van der Waals surface area (Å²) in [4.78, 5) is 94.7. The van der Waals surface area contributed by atoms with Gasteiger partial charge in [0.25, 0.3) is 23.6 Å². The lowest BCUT2D eigenvalue weighted by molar-refractivity contribution is -0.136. The Balaban J connectivity index is 0.910. The number of amides is 6. The Hall–Kier alpha value is -7.29. The van der Waals surface area contributed by atoms with Crippen LogP contribution in [0.1, 0.15) is 86.9 Å². The van der Waals surface area contributed by atoms with E-state index in [2.05, 4.69) is 31.6 Å². The quantitative estimate of drug-likeness (QED) is 0.0627. The molecule has 2 unspecified atom stereocenters. The first-order valence-corrected chi connectivity index (χ1v) is 19.6. The monoisotopic (exact) mass is 811 g/mol. The van der Waals surface area contributed by atoms with Crippen LogP contribution in [0, 0.1) is 5.82 Å². The van der Waals surface area contributed by atoms with E-state index in [-0.39, 0.29) is 54.2 Å². The van der Waals surface area contributed by atoms with Crippen molar-refractivity contribution in [1.29, 1.82) is 0 Å². The lowest BCUT2D eigenvalue weighted by atomic mass is 9.99. The van der Waals surface area contributed by atoms with Crippen LogP contribution in [0.4, 0.5) is 21.5 Å². The highest BCUT2D eigenvalue weighted by Crippen LogP contribution is 2.35. The van der Waals surface area contributed by atoms with E-state index in [0.29, 0.717) is 58.2 Å². The maximum atomic E-state index is 15.4. The fraction of sp³-hybridized carbons (Fsp3) is 0.244. The second kappa shape index (κ2) is 17.7. The number of carbonyl (C=O) groups is 7. The molecule has 1 fully saturated rings. The summed E-state index contributed by atoms with van der Waals surface area (Å²) in [5, 5.41) is 14.6. The standard InChI is InChI=1S/C45H42FN7O7/c1-25(50-35-13-9-12-30-39(35)45(60)53(44(30)59)36-19-20-38(55)52-43(36)58)37(54)14-7-4-8-21-48-42(57)29-17-15-27(23-33(29)46)26-16-18-34-31(22-26)40(32(24-49-34)41(56)47-2)51-28-10-5-3-6-11-28/h3,5-6,9-13,15-18,22-25,36,50H,4,7-8,14,19-21H2,1-2H3,(H,47,56)(H,48,57)(H,49,51)(H,52,55,58). The van der Waals surface area contributed by atoms with Crippen molar-refractivity contribution in [3.63, 3.8) is 0 Å². The third kappa shape index (κ3) is 8.46. The molecule has 4 aromatic carbocycles. The van der Waals surface area contributed by atoms with Crippen LogP contribution in [0.15, 0.2) is 91.1 Å². The van der Waals surface area contributed by atoms with Crippen molar-refractivity contribution in [2.75, 3.05) is 24.2 Å². The number of Topliss-reactive ketones (excluding diaryl/α,β-unsaturated/α-hetero) is 1. The molecule has 14 nitrogen and oxygen atoms in total. The van der Waals surface area contributed by atoms with Crippen molar-refractivity contribution in [2.45, 2.75) is 57.5 Å². The molecule has 0 radical (unpaired) electrons. The van der Waals surface area contributed by atoms with E-state index in [1.807, 2.05) is 36.4 Å². The Morgan fingerprint density at radius 2 is 1.63 bits per heavy atom. The molecule has 306 valence electrons. The SMILES string of the molecule is CNC(=O)c1cnc2ccc(-c3ccc(C(=O)NCCCCCC(=O)C(C)Nc4cccc5c4C(=O)N(C4CCC(=O)NC4=O)C5=O)c(F)c3)cc2c1Nc1ccccc1. The summed E-state index contributed by atoms with van der Waals surface area (Å²) in [5.74, 6) is -4.19.